The maximum absolute atomic E-state index is 12.3. The van der Waals surface area contributed by atoms with Crippen molar-refractivity contribution in [2.45, 2.75) is 42.4 Å². The first-order valence-electron chi connectivity index (χ1n) is 10.6. The van der Waals surface area contributed by atoms with Crippen molar-refractivity contribution >= 4 is 33.0 Å². The summed E-state index contributed by atoms with van der Waals surface area (Å²) in [4.78, 5) is 0.959. The van der Waals surface area contributed by atoms with Crippen molar-refractivity contribution in [2.75, 3.05) is 13.2 Å². The number of aryl methyl sites for hydroxylation is 2. The Bertz CT molecular complexity index is 1190. The summed E-state index contributed by atoms with van der Waals surface area (Å²) in [5.41, 5.74) is 10.2. The lowest BCUT2D eigenvalue weighted by Crippen LogP contribution is -2.34. The molecule has 1 heterocycles. The summed E-state index contributed by atoms with van der Waals surface area (Å²) in [6, 6.07) is 17.5. The Morgan fingerprint density at radius 2 is 2.03 bits per heavy atom. The second kappa shape index (κ2) is 9.93. The van der Waals surface area contributed by atoms with E-state index >= 15 is 0 Å². The predicted molar refractivity (Wildman–Crippen MR) is 130 cm³/mol. The van der Waals surface area contributed by atoms with Crippen LogP contribution >= 0.6 is 22.9 Å². The molecule has 0 saturated carbocycles. The van der Waals surface area contributed by atoms with Crippen molar-refractivity contribution in [3.05, 3.63) is 81.2 Å². The van der Waals surface area contributed by atoms with Gasteiger partial charge in [0.05, 0.1) is 0 Å². The first kappa shape index (κ1) is 23.3. The molecule has 3 aromatic rings. The van der Waals surface area contributed by atoms with Gasteiger partial charge in [-0.3, -0.25) is 0 Å². The zero-order valence-electron chi connectivity index (χ0n) is 17.9. The lowest BCUT2D eigenvalue weighted by atomic mass is 9.76. The minimum absolute atomic E-state index is 0.0674. The molecule has 5 nitrogen and oxygen atoms in total. The third kappa shape index (κ3) is 5.53. The van der Waals surface area contributed by atoms with Gasteiger partial charge in [0, 0.05) is 28.4 Å². The van der Waals surface area contributed by atoms with Crippen LogP contribution in [0.15, 0.2) is 58.8 Å². The van der Waals surface area contributed by atoms with E-state index in [9.17, 15) is 8.42 Å². The normalized spacial score (nSPS) is 18.3. The molecule has 2 atom stereocenters. The van der Waals surface area contributed by atoms with Gasteiger partial charge >= 0.3 is 0 Å². The van der Waals surface area contributed by atoms with Gasteiger partial charge in [-0.15, -0.1) is 11.3 Å². The van der Waals surface area contributed by atoms with Crippen molar-refractivity contribution in [2.24, 2.45) is 5.73 Å². The molecule has 0 aliphatic heterocycles. The van der Waals surface area contributed by atoms with E-state index in [0.29, 0.717) is 4.21 Å². The van der Waals surface area contributed by atoms with Crippen LogP contribution in [0.25, 0.3) is 0 Å². The van der Waals surface area contributed by atoms with Crippen molar-refractivity contribution in [3.8, 4) is 5.75 Å². The van der Waals surface area contributed by atoms with E-state index in [1.807, 2.05) is 31.2 Å². The second-order valence-electron chi connectivity index (χ2n) is 8.12. The van der Waals surface area contributed by atoms with Crippen LogP contribution in [0.3, 0.4) is 0 Å². The van der Waals surface area contributed by atoms with E-state index in [0.717, 1.165) is 40.5 Å². The molecule has 1 aliphatic rings. The molecule has 3 N–H and O–H groups in total. The summed E-state index contributed by atoms with van der Waals surface area (Å²) >= 11 is 7.42. The fourth-order valence-electron chi connectivity index (χ4n) is 4.14. The zero-order valence-corrected chi connectivity index (χ0v) is 20.3. The van der Waals surface area contributed by atoms with Gasteiger partial charge in [0.2, 0.25) is 10.0 Å². The minimum atomic E-state index is -3.50. The van der Waals surface area contributed by atoms with Crippen LogP contribution in [0.5, 0.6) is 5.75 Å². The number of hydrogen-bond acceptors (Lipinski definition) is 5. The number of nitrogens with one attached hydrogen (secondary N) is 1. The highest BCUT2D eigenvalue weighted by Crippen LogP contribution is 2.36. The number of fused-ring (bicyclic) bond motifs is 1. The number of hydrogen-bond donors (Lipinski definition) is 2. The van der Waals surface area contributed by atoms with Gasteiger partial charge in [0.25, 0.3) is 0 Å². The van der Waals surface area contributed by atoms with Crippen LogP contribution in [-0.4, -0.2) is 27.6 Å². The summed E-state index contributed by atoms with van der Waals surface area (Å²) in [6.45, 7) is 2.32. The number of ether oxygens (including phenoxy) is 1. The van der Waals surface area contributed by atoms with Crippen molar-refractivity contribution in [3.63, 3.8) is 0 Å². The van der Waals surface area contributed by atoms with E-state index in [1.54, 1.807) is 12.1 Å². The highest BCUT2D eigenvalue weighted by atomic mass is 35.5. The number of halogens is 1. The molecule has 0 spiro atoms. The third-order valence-corrected chi connectivity index (χ3v) is 8.96. The Morgan fingerprint density at radius 3 is 2.78 bits per heavy atom. The average molecular weight is 491 g/mol. The molecule has 0 bridgehead atoms. The van der Waals surface area contributed by atoms with Crippen molar-refractivity contribution in [1.29, 1.82) is 0 Å². The van der Waals surface area contributed by atoms with E-state index in [2.05, 4.69) is 22.9 Å². The van der Waals surface area contributed by atoms with Crippen LogP contribution in [0.1, 0.15) is 33.9 Å². The van der Waals surface area contributed by atoms with Crippen molar-refractivity contribution < 1.29 is 13.2 Å². The van der Waals surface area contributed by atoms with Crippen LogP contribution < -0.4 is 15.2 Å². The van der Waals surface area contributed by atoms with Gasteiger partial charge < -0.3 is 10.5 Å². The third-order valence-electron chi connectivity index (χ3n) is 5.77. The average Bonchev–Trinajstić information content (AvgIpc) is 3.21. The maximum Gasteiger partial charge on any atom is 0.250 e. The fraction of sp³-hybridized carbons (Fsp3) is 0.333. The van der Waals surface area contributed by atoms with Gasteiger partial charge in [0.1, 0.15) is 16.6 Å². The number of benzene rings is 2. The van der Waals surface area contributed by atoms with Gasteiger partial charge in [-0.05, 0) is 79.3 Å². The molecular formula is C24H27ClN2O3S2. The Labute approximate surface area is 198 Å². The van der Waals surface area contributed by atoms with Gasteiger partial charge in [-0.2, -0.15) is 0 Å². The van der Waals surface area contributed by atoms with E-state index < -0.39 is 10.0 Å². The Kier molecular flexibility index (Phi) is 7.22. The summed E-state index contributed by atoms with van der Waals surface area (Å²) in [5, 5.41) is 0.726. The molecular weight excluding hydrogens is 464 g/mol. The molecule has 170 valence electrons. The van der Waals surface area contributed by atoms with E-state index in [4.69, 9.17) is 22.1 Å². The Morgan fingerprint density at radius 1 is 1.19 bits per heavy atom. The second-order valence-corrected chi connectivity index (χ2v) is 11.8. The molecule has 1 aromatic heterocycles. The number of rotatable bonds is 8. The van der Waals surface area contributed by atoms with Gasteiger partial charge in [0.15, 0.2) is 0 Å². The summed E-state index contributed by atoms with van der Waals surface area (Å²) in [6.07, 6.45) is 2.71. The van der Waals surface area contributed by atoms with Gasteiger partial charge in [-0.25, -0.2) is 13.1 Å². The lowest BCUT2D eigenvalue weighted by molar-refractivity contribution is 0.321. The summed E-state index contributed by atoms with van der Waals surface area (Å²) < 4.78 is 33.5. The van der Waals surface area contributed by atoms with Gasteiger partial charge in [-0.1, -0.05) is 29.8 Å². The molecule has 1 aliphatic carbocycles. The van der Waals surface area contributed by atoms with Crippen LogP contribution in [-0.2, 0) is 22.9 Å². The van der Waals surface area contributed by atoms with Crippen LogP contribution in [0.2, 0.25) is 5.02 Å². The molecule has 2 unspecified atom stereocenters. The van der Waals surface area contributed by atoms with Crippen LogP contribution in [0.4, 0.5) is 0 Å². The zero-order chi connectivity index (χ0) is 22.7. The maximum atomic E-state index is 12.3. The Hall–Kier alpha value is -1.90. The molecule has 32 heavy (non-hydrogen) atoms. The molecule has 0 amide bonds. The molecule has 8 heteroatoms. The van der Waals surface area contributed by atoms with E-state index in [1.165, 1.54) is 22.5 Å². The Balaban J connectivity index is 1.41. The lowest BCUT2D eigenvalue weighted by Gasteiger charge is -2.32. The first-order valence-corrected chi connectivity index (χ1v) is 13.3. The molecule has 0 radical (unpaired) electrons. The molecule has 0 saturated heterocycles. The van der Waals surface area contributed by atoms with Crippen LogP contribution in [0, 0.1) is 6.92 Å². The standard InChI is InChI=1S/C24H27ClN2O3S2/c1-16-5-10-24(31-16)32(28,29)27-11-12-30-20-8-6-18-7-9-23(26)22(21(18)15-20)14-17-3-2-4-19(25)13-17/h2-6,8,10,13,15,22-23,27H,7,9,11-12,14,26H2,1H3. The molecule has 0 fully saturated rings. The topological polar surface area (TPSA) is 81.4 Å². The number of sulfonamides is 1. The molecule has 4 rings (SSSR count). The first-order chi connectivity index (χ1) is 15.3. The van der Waals surface area contributed by atoms with E-state index in [-0.39, 0.29) is 25.1 Å². The smallest absolute Gasteiger partial charge is 0.250 e. The number of thiophene rings is 1. The quantitative estimate of drug-likeness (QED) is 0.450. The SMILES string of the molecule is Cc1ccc(S(=O)(=O)NCCOc2ccc3c(c2)C(Cc2cccc(Cl)c2)C(N)CC3)s1. The monoisotopic (exact) mass is 490 g/mol. The summed E-state index contributed by atoms with van der Waals surface area (Å²) in [7, 11) is -3.50. The van der Waals surface area contributed by atoms with Crippen molar-refractivity contribution in [1.82, 2.24) is 4.72 Å². The minimum Gasteiger partial charge on any atom is -0.492 e. The fourth-order valence-corrected chi connectivity index (χ4v) is 6.70. The highest BCUT2D eigenvalue weighted by Gasteiger charge is 2.27. The predicted octanol–water partition coefficient (Wildman–Crippen LogP) is 4.67. The summed E-state index contributed by atoms with van der Waals surface area (Å²) in [5.74, 6) is 0.904. The highest BCUT2D eigenvalue weighted by molar-refractivity contribution is 7.91. The number of nitrogens with two attached hydrogens (primary N) is 1. The molecule has 2 aromatic carbocycles. The largest absolute Gasteiger partial charge is 0.492 e.